The van der Waals surface area contributed by atoms with Gasteiger partial charge in [0.2, 0.25) is 5.91 Å². The van der Waals surface area contributed by atoms with Gasteiger partial charge in [0, 0.05) is 21.7 Å². The number of carbonyl (C=O) groups excluding carboxylic acids is 1. The first-order chi connectivity index (χ1) is 14.3. The van der Waals surface area contributed by atoms with Crippen molar-refractivity contribution in [1.82, 2.24) is 4.90 Å². The third kappa shape index (κ3) is 4.00. The number of aliphatic carboxylic acids is 1. The van der Waals surface area contributed by atoms with E-state index in [0.29, 0.717) is 26.5 Å². The Balaban J connectivity index is 1.74. The van der Waals surface area contributed by atoms with Crippen LogP contribution < -0.4 is 0 Å². The van der Waals surface area contributed by atoms with E-state index in [0.717, 1.165) is 12.0 Å². The summed E-state index contributed by atoms with van der Waals surface area (Å²) >= 11 is 13.9. The molecule has 0 bridgehead atoms. The van der Waals surface area contributed by atoms with Crippen LogP contribution in [-0.4, -0.2) is 32.3 Å². The van der Waals surface area contributed by atoms with E-state index in [-0.39, 0.29) is 23.2 Å². The van der Waals surface area contributed by atoms with Gasteiger partial charge in [-0.15, -0.1) is 0 Å². The number of hydrogen-bond acceptors (Lipinski definition) is 4. The van der Waals surface area contributed by atoms with Crippen molar-refractivity contribution >= 4 is 52.0 Å². The molecule has 0 spiro atoms. The van der Waals surface area contributed by atoms with E-state index in [1.807, 2.05) is 30.3 Å². The van der Waals surface area contributed by atoms with Crippen LogP contribution in [0.5, 0.6) is 0 Å². The maximum atomic E-state index is 13.2. The standard InChI is InChI=1S/C22H18Cl2N2O3S/c1-12-19(21(28)29)20(16-8-7-14(23)10-17(16)24)26-18(27)11-15(30-22(26)25-12)9-13-5-3-2-4-6-13/h2-8,10,15,20H,9,11H2,1H3,(H,28,29). The second-order valence-electron chi connectivity index (χ2n) is 7.16. The van der Waals surface area contributed by atoms with Gasteiger partial charge >= 0.3 is 5.97 Å². The molecule has 1 fully saturated rings. The van der Waals surface area contributed by atoms with Crippen LogP contribution in [0.25, 0.3) is 0 Å². The van der Waals surface area contributed by atoms with Crippen molar-refractivity contribution in [2.24, 2.45) is 4.99 Å². The van der Waals surface area contributed by atoms with Crippen molar-refractivity contribution in [2.45, 2.75) is 31.1 Å². The summed E-state index contributed by atoms with van der Waals surface area (Å²) in [5.41, 5.74) is 2.06. The maximum Gasteiger partial charge on any atom is 0.335 e. The largest absolute Gasteiger partial charge is 0.478 e. The average molecular weight is 461 g/mol. The fourth-order valence-electron chi connectivity index (χ4n) is 3.79. The van der Waals surface area contributed by atoms with Crippen molar-refractivity contribution in [3.63, 3.8) is 0 Å². The van der Waals surface area contributed by atoms with Crippen LogP contribution in [0.4, 0.5) is 0 Å². The predicted molar refractivity (Wildman–Crippen MR) is 120 cm³/mol. The van der Waals surface area contributed by atoms with Crippen molar-refractivity contribution in [3.8, 4) is 0 Å². The van der Waals surface area contributed by atoms with E-state index in [4.69, 9.17) is 23.2 Å². The van der Waals surface area contributed by atoms with Crippen LogP contribution in [0, 0.1) is 0 Å². The van der Waals surface area contributed by atoms with Gasteiger partial charge in [0.25, 0.3) is 0 Å². The average Bonchev–Trinajstić information content (AvgIpc) is 2.67. The Morgan fingerprint density at radius 1 is 1.23 bits per heavy atom. The Morgan fingerprint density at radius 2 is 1.97 bits per heavy atom. The number of allylic oxidation sites excluding steroid dienone is 1. The second-order valence-corrected chi connectivity index (χ2v) is 9.28. The second kappa shape index (κ2) is 8.46. The molecule has 154 valence electrons. The van der Waals surface area contributed by atoms with Crippen LogP contribution in [0.3, 0.4) is 0 Å². The lowest BCUT2D eigenvalue weighted by molar-refractivity contribution is -0.134. The number of carboxylic acid groups (broad SMARTS) is 1. The highest BCUT2D eigenvalue weighted by molar-refractivity contribution is 8.14. The van der Waals surface area contributed by atoms with Gasteiger partial charge in [0.15, 0.2) is 5.17 Å². The molecule has 8 heteroatoms. The first-order valence-corrected chi connectivity index (χ1v) is 11.0. The smallest absolute Gasteiger partial charge is 0.335 e. The minimum absolute atomic E-state index is 0.0235. The summed E-state index contributed by atoms with van der Waals surface area (Å²) in [5, 5.41) is 11.1. The number of amidine groups is 1. The van der Waals surface area contributed by atoms with Gasteiger partial charge in [-0.3, -0.25) is 9.69 Å². The van der Waals surface area contributed by atoms with Crippen molar-refractivity contribution in [1.29, 1.82) is 0 Å². The molecule has 0 aliphatic carbocycles. The summed E-state index contributed by atoms with van der Waals surface area (Å²) in [6, 6.07) is 14.0. The van der Waals surface area contributed by atoms with Gasteiger partial charge in [-0.05, 0) is 36.6 Å². The fraction of sp³-hybridized carbons (Fsp3) is 0.227. The van der Waals surface area contributed by atoms with Gasteiger partial charge in [-0.2, -0.15) is 0 Å². The zero-order valence-electron chi connectivity index (χ0n) is 16.0. The molecule has 0 radical (unpaired) electrons. The molecule has 2 aromatic rings. The van der Waals surface area contributed by atoms with Crippen LogP contribution >= 0.6 is 35.0 Å². The molecule has 0 aromatic heterocycles. The van der Waals surface area contributed by atoms with E-state index >= 15 is 0 Å². The number of amides is 1. The molecule has 2 aliphatic heterocycles. The summed E-state index contributed by atoms with van der Waals surface area (Å²) in [6.45, 7) is 1.65. The molecule has 1 N–H and O–H groups in total. The number of carbonyl (C=O) groups is 2. The van der Waals surface area contributed by atoms with E-state index in [9.17, 15) is 14.7 Å². The molecular formula is C22H18Cl2N2O3S. The number of nitrogens with zero attached hydrogens (tertiary/aromatic N) is 2. The molecule has 5 nitrogen and oxygen atoms in total. The predicted octanol–water partition coefficient (Wildman–Crippen LogP) is 5.34. The molecular weight excluding hydrogens is 443 g/mol. The lowest BCUT2D eigenvalue weighted by atomic mass is 9.94. The molecule has 2 aliphatic rings. The minimum Gasteiger partial charge on any atom is -0.478 e. The summed E-state index contributed by atoms with van der Waals surface area (Å²) in [5.74, 6) is -1.30. The Bertz CT molecular complexity index is 1090. The van der Waals surface area contributed by atoms with Gasteiger partial charge in [-0.25, -0.2) is 9.79 Å². The van der Waals surface area contributed by atoms with E-state index in [2.05, 4.69) is 4.99 Å². The maximum absolute atomic E-state index is 13.2. The molecule has 4 rings (SSSR count). The normalized spacial score (nSPS) is 21.4. The molecule has 2 heterocycles. The Kier molecular flexibility index (Phi) is 5.91. The number of aliphatic imine (C=N–C) groups is 1. The zero-order valence-corrected chi connectivity index (χ0v) is 18.3. The van der Waals surface area contributed by atoms with Crippen LogP contribution in [0.15, 0.2) is 64.8 Å². The van der Waals surface area contributed by atoms with E-state index in [1.54, 1.807) is 25.1 Å². The molecule has 1 saturated heterocycles. The quantitative estimate of drug-likeness (QED) is 0.668. The Hall–Kier alpha value is -2.28. The van der Waals surface area contributed by atoms with E-state index < -0.39 is 12.0 Å². The van der Waals surface area contributed by atoms with Crippen LogP contribution in [-0.2, 0) is 16.0 Å². The summed E-state index contributed by atoms with van der Waals surface area (Å²) < 4.78 is 0. The minimum atomic E-state index is -1.13. The molecule has 2 aromatic carbocycles. The number of fused-ring (bicyclic) bond motifs is 1. The Labute approximate surface area is 188 Å². The number of benzene rings is 2. The van der Waals surface area contributed by atoms with Gasteiger partial charge in [0.05, 0.1) is 17.3 Å². The molecule has 2 unspecified atom stereocenters. The first-order valence-electron chi connectivity index (χ1n) is 9.35. The number of thioether (sulfide) groups is 1. The lowest BCUT2D eigenvalue weighted by Gasteiger charge is -2.41. The zero-order chi connectivity index (χ0) is 21.4. The first kappa shape index (κ1) is 21.0. The van der Waals surface area contributed by atoms with Crippen molar-refractivity contribution in [3.05, 3.63) is 81.0 Å². The van der Waals surface area contributed by atoms with Gasteiger partial charge in [-0.1, -0.05) is 71.4 Å². The van der Waals surface area contributed by atoms with Gasteiger partial charge < -0.3 is 5.11 Å². The molecule has 2 atom stereocenters. The highest BCUT2D eigenvalue weighted by Crippen LogP contribution is 2.44. The topological polar surface area (TPSA) is 70.0 Å². The number of rotatable bonds is 4. The Morgan fingerprint density at radius 3 is 2.63 bits per heavy atom. The summed E-state index contributed by atoms with van der Waals surface area (Å²) in [6.07, 6.45) is 1.01. The summed E-state index contributed by atoms with van der Waals surface area (Å²) in [7, 11) is 0. The van der Waals surface area contributed by atoms with Crippen LogP contribution in [0.1, 0.15) is 30.5 Å². The van der Waals surface area contributed by atoms with Crippen molar-refractivity contribution < 1.29 is 14.7 Å². The highest BCUT2D eigenvalue weighted by Gasteiger charge is 2.44. The molecule has 0 saturated carbocycles. The number of hydrogen-bond donors (Lipinski definition) is 1. The monoisotopic (exact) mass is 460 g/mol. The van der Waals surface area contributed by atoms with Crippen LogP contribution in [0.2, 0.25) is 10.0 Å². The lowest BCUT2D eigenvalue weighted by Crippen LogP contribution is -2.47. The third-order valence-corrected chi connectivity index (χ3v) is 6.86. The van der Waals surface area contributed by atoms with E-state index in [1.165, 1.54) is 16.7 Å². The number of carboxylic acids is 1. The van der Waals surface area contributed by atoms with Gasteiger partial charge in [0.1, 0.15) is 0 Å². The molecule has 1 amide bonds. The van der Waals surface area contributed by atoms with Crippen molar-refractivity contribution in [2.75, 3.05) is 0 Å². The SMILES string of the molecule is CC1=C(C(=O)O)C(c2ccc(Cl)cc2Cl)N2C(=O)CC(Cc3ccccc3)SC2=N1. The third-order valence-electron chi connectivity index (χ3n) is 5.13. The fourth-order valence-corrected chi connectivity index (χ4v) is 5.62. The number of halogens is 2. The molecule has 30 heavy (non-hydrogen) atoms. The highest BCUT2D eigenvalue weighted by atomic mass is 35.5. The summed E-state index contributed by atoms with van der Waals surface area (Å²) in [4.78, 5) is 31.2.